The van der Waals surface area contributed by atoms with Crippen molar-refractivity contribution in [2.45, 2.75) is 83.4 Å². The quantitative estimate of drug-likeness (QED) is 0.552. The number of sulfone groups is 1. The highest BCUT2D eigenvalue weighted by Crippen LogP contribution is 2.17. The lowest BCUT2D eigenvalue weighted by molar-refractivity contribution is -0.122. The van der Waals surface area contributed by atoms with Crippen LogP contribution in [0.2, 0.25) is 0 Å². The lowest BCUT2D eigenvalue weighted by Crippen LogP contribution is -2.37. The average Bonchev–Trinajstić information content (AvgIpc) is 2.43. The fourth-order valence-corrected chi connectivity index (χ4v) is 2.76. The van der Waals surface area contributed by atoms with Gasteiger partial charge in [-0.3, -0.25) is 9.59 Å². The molecular formula is C17H32N2O4S. The van der Waals surface area contributed by atoms with Crippen molar-refractivity contribution in [3.63, 3.8) is 0 Å². The highest BCUT2D eigenvalue weighted by atomic mass is 32.2. The molecule has 0 aliphatic rings. The van der Waals surface area contributed by atoms with E-state index in [0.29, 0.717) is 6.42 Å². The summed E-state index contributed by atoms with van der Waals surface area (Å²) in [6, 6.07) is -0.706. The molecule has 0 unspecified atom stereocenters. The monoisotopic (exact) mass is 360 g/mol. The summed E-state index contributed by atoms with van der Waals surface area (Å²) < 4.78 is 23.2. The Kier molecular flexibility index (Phi) is 9.89. The van der Waals surface area contributed by atoms with Gasteiger partial charge in [-0.15, -0.1) is 0 Å². The zero-order chi connectivity index (χ0) is 18.8. The van der Waals surface area contributed by atoms with Crippen LogP contribution in [0.25, 0.3) is 0 Å². The van der Waals surface area contributed by atoms with E-state index in [1.54, 1.807) is 20.8 Å². The van der Waals surface area contributed by atoms with Crippen molar-refractivity contribution in [1.82, 2.24) is 5.32 Å². The van der Waals surface area contributed by atoms with E-state index in [0.717, 1.165) is 37.5 Å². The fraction of sp³-hybridized carbons (Fsp3) is 0.765. The molecular weight excluding hydrogens is 328 g/mol. The van der Waals surface area contributed by atoms with Crippen molar-refractivity contribution in [3.05, 3.63) is 11.5 Å². The largest absolute Gasteiger partial charge is 0.370 e. The average molecular weight is 361 g/mol. The topological polar surface area (TPSA) is 106 Å². The molecule has 0 aromatic carbocycles. The van der Waals surface area contributed by atoms with E-state index < -0.39 is 26.5 Å². The van der Waals surface area contributed by atoms with Gasteiger partial charge in [0.05, 0.1) is 17.2 Å². The van der Waals surface area contributed by atoms with E-state index in [1.807, 2.05) is 0 Å². The predicted molar refractivity (Wildman–Crippen MR) is 96.9 cm³/mol. The SMILES string of the molecule is CCCCCCCC(=O)N[C@@H](/C=C/S(=O)(=O)C(C)(C)C)CC(N)=O. The van der Waals surface area contributed by atoms with Gasteiger partial charge in [-0.1, -0.05) is 38.7 Å². The molecule has 0 bridgehead atoms. The number of carbonyl (C=O) groups is 2. The molecule has 1 atom stereocenters. The molecule has 0 aliphatic heterocycles. The smallest absolute Gasteiger partial charge is 0.220 e. The van der Waals surface area contributed by atoms with Crippen molar-refractivity contribution < 1.29 is 18.0 Å². The number of amides is 2. The Morgan fingerprint density at radius 2 is 1.71 bits per heavy atom. The minimum Gasteiger partial charge on any atom is -0.370 e. The summed E-state index contributed by atoms with van der Waals surface area (Å²) >= 11 is 0. The molecule has 0 heterocycles. The summed E-state index contributed by atoms with van der Waals surface area (Å²) in [6.07, 6.45) is 6.71. The number of hydrogen-bond acceptors (Lipinski definition) is 4. The number of nitrogens with one attached hydrogen (secondary N) is 1. The maximum Gasteiger partial charge on any atom is 0.220 e. The first-order valence-electron chi connectivity index (χ1n) is 8.50. The number of rotatable bonds is 11. The van der Waals surface area contributed by atoms with Crippen molar-refractivity contribution in [1.29, 1.82) is 0 Å². The first kappa shape index (κ1) is 22.6. The molecule has 24 heavy (non-hydrogen) atoms. The second kappa shape index (κ2) is 10.5. The summed E-state index contributed by atoms with van der Waals surface area (Å²) in [5.74, 6) is -0.795. The second-order valence-electron chi connectivity index (χ2n) is 6.99. The van der Waals surface area contributed by atoms with Gasteiger partial charge in [-0.25, -0.2) is 8.42 Å². The van der Waals surface area contributed by atoms with E-state index in [-0.39, 0.29) is 12.3 Å². The summed E-state index contributed by atoms with van der Waals surface area (Å²) in [5.41, 5.74) is 5.18. The molecule has 0 aliphatic carbocycles. The lowest BCUT2D eigenvalue weighted by Gasteiger charge is -2.18. The maximum atomic E-state index is 12.1. The molecule has 0 aromatic rings. The number of nitrogens with two attached hydrogens (primary N) is 1. The zero-order valence-electron chi connectivity index (χ0n) is 15.3. The highest BCUT2D eigenvalue weighted by molar-refractivity contribution is 7.95. The molecule has 0 saturated heterocycles. The molecule has 0 saturated carbocycles. The molecule has 3 N–H and O–H groups in total. The summed E-state index contributed by atoms with van der Waals surface area (Å²) in [6.45, 7) is 6.89. The van der Waals surface area contributed by atoms with Crippen molar-refractivity contribution in [2.24, 2.45) is 5.73 Å². The Bertz CT molecular complexity index is 533. The normalized spacial score (nSPS) is 13.8. The molecule has 0 aromatic heterocycles. The van der Waals surface area contributed by atoms with Gasteiger partial charge in [0.2, 0.25) is 11.8 Å². The van der Waals surface area contributed by atoms with Gasteiger partial charge >= 0.3 is 0 Å². The molecule has 0 fully saturated rings. The lowest BCUT2D eigenvalue weighted by atomic mass is 10.1. The zero-order valence-corrected chi connectivity index (χ0v) is 16.1. The van der Waals surface area contributed by atoms with Gasteiger partial charge in [0.15, 0.2) is 9.84 Å². The van der Waals surface area contributed by atoms with E-state index in [9.17, 15) is 18.0 Å². The Hall–Kier alpha value is -1.37. The molecule has 0 radical (unpaired) electrons. The predicted octanol–water partition coefficient (Wildman–Crippen LogP) is 2.43. The molecule has 2 amide bonds. The molecule has 0 spiro atoms. The van der Waals surface area contributed by atoms with Crippen LogP contribution < -0.4 is 11.1 Å². The third-order valence-corrected chi connectivity index (χ3v) is 5.84. The van der Waals surface area contributed by atoms with Crippen molar-refractivity contribution >= 4 is 21.7 Å². The van der Waals surface area contributed by atoms with Crippen molar-refractivity contribution in [2.75, 3.05) is 0 Å². The van der Waals surface area contributed by atoms with E-state index in [2.05, 4.69) is 12.2 Å². The van der Waals surface area contributed by atoms with Gasteiger partial charge in [0.1, 0.15) is 0 Å². The van der Waals surface area contributed by atoms with Crippen LogP contribution in [0.15, 0.2) is 11.5 Å². The van der Waals surface area contributed by atoms with Crippen LogP contribution >= 0.6 is 0 Å². The fourth-order valence-electron chi connectivity index (χ4n) is 1.95. The van der Waals surface area contributed by atoms with E-state index in [4.69, 9.17) is 5.73 Å². The molecule has 6 nitrogen and oxygen atoms in total. The van der Waals surface area contributed by atoms with E-state index >= 15 is 0 Å². The van der Waals surface area contributed by atoms with Crippen LogP contribution in [0.3, 0.4) is 0 Å². The van der Waals surface area contributed by atoms with Gasteiger partial charge in [-0.2, -0.15) is 0 Å². The minimum atomic E-state index is -3.48. The first-order valence-corrected chi connectivity index (χ1v) is 10.0. The number of unbranched alkanes of at least 4 members (excludes halogenated alkanes) is 4. The van der Waals surface area contributed by atoms with Gasteiger partial charge in [0, 0.05) is 11.8 Å². The molecule has 140 valence electrons. The summed E-state index contributed by atoms with van der Waals surface area (Å²) in [4.78, 5) is 23.1. The Balaban J connectivity index is 4.68. The third kappa shape index (κ3) is 9.70. The minimum absolute atomic E-state index is 0.127. The van der Waals surface area contributed by atoms with Gasteiger partial charge in [-0.05, 0) is 27.2 Å². The Morgan fingerprint density at radius 3 is 2.21 bits per heavy atom. The molecule has 0 rings (SSSR count). The van der Waals surface area contributed by atoms with Gasteiger partial charge in [0.25, 0.3) is 0 Å². The second-order valence-corrected chi connectivity index (χ2v) is 9.58. The summed E-state index contributed by atoms with van der Waals surface area (Å²) in [7, 11) is -3.48. The number of hydrogen-bond donors (Lipinski definition) is 2. The highest BCUT2D eigenvalue weighted by Gasteiger charge is 2.26. The van der Waals surface area contributed by atoms with Crippen LogP contribution in [0.1, 0.15) is 72.6 Å². The first-order chi connectivity index (χ1) is 11.0. The maximum absolute atomic E-state index is 12.1. The van der Waals surface area contributed by atoms with Crippen LogP contribution in [-0.4, -0.2) is 31.0 Å². The van der Waals surface area contributed by atoms with E-state index in [1.165, 1.54) is 6.08 Å². The molecule has 7 heteroatoms. The van der Waals surface area contributed by atoms with Gasteiger partial charge < -0.3 is 11.1 Å². The Morgan fingerprint density at radius 1 is 1.12 bits per heavy atom. The Labute approximate surface area is 146 Å². The van der Waals surface area contributed by atoms with Crippen LogP contribution in [-0.2, 0) is 19.4 Å². The van der Waals surface area contributed by atoms with Crippen LogP contribution in [0, 0.1) is 0 Å². The van der Waals surface area contributed by atoms with Crippen LogP contribution in [0.5, 0.6) is 0 Å². The third-order valence-electron chi connectivity index (χ3n) is 3.62. The number of carbonyl (C=O) groups excluding carboxylic acids is 2. The van der Waals surface area contributed by atoms with Crippen LogP contribution in [0.4, 0.5) is 0 Å². The standard InChI is InChI=1S/C17H32N2O4S/c1-5-6-7-8-9-10-16(21)19-14(13-15(18)20)11-12-24(22,23)17(2,3)4/h11-12,14H,5-10,13H2,1-4H3,(H2,18,20)(H,19,21)/b12-11+/t14-/m0/s1. The van der Waals surface area contributed by atoms with Crippen molar-refractivity contribution in [3.8, 4) is 0 Å². The summed E-state index contributed by atoms with van der Waals surface area (Å²) in [5, 5.41) is 3.73. The number of primary amides is 1.